The number of hydrogen-bond acceptors (Lipinski definition) is 2. The van der Waals surface area contributed by atoms with E-state index in [1.807, 2.05) is 16.8 Å². The third-order valence-electron chi connectivity index (χ3n) is 5.22. The molecule has 1 N–H and O–H groups in total. The summed E-state index contributed by atoms with van der Waals surface area (Å²) in [4.78, 5) is 0. The van der Waals surface area contributed by atoms with E-state index in [0.717, 1.165) is 24.5 Å². The van der Waals surface area contributed by atoms with E-state index in [1.165, 1.54) is 68.3 Å². The van der Waals surface area contributed by atoms with Crippen molar-refractivity contribution in [1.82, 2.24) is 9.78 Å². The Morgan fingerprint density at radius 1 is 1.00 bits per heavy atom. The standard InChI is InChI=1S/C19H24FN3/c20-15-9-11-16(12-10-15)23-19-17(8-4-5-13-21-19)18(22-23)14-6-2-1-3-7-14/h9-12,14,21H,1-8,13H2. The molecule has 3 nitrogen and oxygen atoms in total. The van der Waals surface area contributed by atoms with Crippen LogP contribution >= 0.6 is 0 Å². The first-order chi connectivity index (χ1) is 11.3. The Morgan fingerprint density at radius 3 is 2.57 bits per heavy atom. The van der Waals surface area contributed by atoms with Gasteiger partial charge in [-0.05, 0) is 56.4 Å². The second kappa shape index (κ2) is 6.34. The summed E-state index contributed by atoms with van der Waals surface area (Å²) in [6.45, 7) is 0.990. The maximum atomic E-state index is 13.3. The highest BCUT2D eigenvalue weighted by Gasteiger charge is 2.27. The molecule has 1 aromatic carbocycles. The summed E-state index contributed by atoms with van der Waals surface area (Å²) >= 11 is 0. The van der Waals surface area contributed by atoms with Crippen molar-refractivity contribution >= 4 is 5.82 Å². The molecule has 1 fully saturated rings. The minimum Gasteiger partial charge on any atom is -0.370 e. The fraction of sp³-hybridized carbons (Fsp3) is 0.526. The lowest BCUT2D eigenvalue weighted by atomic mass is 9.85. The van der Waals surface area contributed by atoms with Gasteiger partial charge < -0.3 is 5.32 Å². The van der Waals surface area contributed by atoms with Gasteiger partial charge in [0.1, 0.15) is 11.6 Å². The molecule has 0 bridgehead atoms. The predicted molar refractivity (Wildman–Crippen MR) is 90.8 cm³/mol. The van der Waals surface area contributed by atoms with Crippen molar-refractivity contribution in [3.05, 3.63) is 41.3 Å². The molecule has 0 radical (unpaired) electrons. The maximum absolute atomic E-state index is 13.3. The van der Waals surface area contributed by atoms with E-state index in [0.29, 0.717) is 5.92 Å². The molecular formula is C19H24FN3. The quantitative estimate of drug-likeness (QED) is 0.862. The Labute approximate surface area is 136 Å². The second-order valence-electron chi connectivity index (χ2n) is 6.82. The molecule has 4 rings (SSSR count). The fourth-order valence-electron chi connectivity index (χ4n) is 4.00. The van der Waals surface area contributed by atoms with Gasteiger partial charge in [-0.25, -0.2) is 9.07 Å². The summed E-state index contributed by atoms with van der Waals surface area (Å²) in [5, 5.41) is 8.56. The van der Waals surface area contributed by atoms with Crippen LogP contribution < -0.4 is 5.32 Å². The molecular weight excluding hydrogens is 289 g/mol. The molecule has 23 heavy (non-hydrogen) atoms. The van der Waals surface area contributed by atoms with Gasteiger partial charge in [-0.1, -0.05) is 19.3 Å². The maximum Gasteiger partial charge on any atom is 0.133 e. The summed E-state index contributed by atoms with van der Waals surface area (Å²) in [6.07, 6.45) is 10.0. The van der Waals surface area contributed by atoms with Crippen LogP contribution in [0.1, 0.15) is 62.1 Å². The Bertz CT molecular complexity index is 669. The zero-order chi connectivity index (χ0) is 15.6. The first-order valence-electron chi connectivity index (χ1n) is 8.94. The van der Waals surface area contributed by atoms with Crippen LogP contribution in [0.3, 0.4) is 0 Å². The number of nitrogens with one attached hydrogen (secondary N) is 1. The first-order valence-corrected chi connectivity index (χ1v) is 8.94. The normalized spacial score (nSPS) is 19.0. The van der Waals surface area contributed by atoms with Gasteiger partial charge in [-0.3, -0.25) is 0 Å². The van der Waals surface area contributed by atoms with Gasteiger partial charge in [0.05, 0.1) is 11.4 Å². The first kappa shape index (κ1) is 14.7. The lowest BCUT2D eigenvalue weighted by molar-refractivity contribution is 0.432. The van der Waals surface area contributed by atoms with E-state index in [2.05, 4.69) is 5.32 Å². The highest BCUT2D eigenvalue weighted by molar-refractivity contribution is 5.55. The third-order valence-corrected chi connectivity index (χ3v) is 5.22. The highest BCUT2D eigenvalue weighted by atomic mass is 19.1. The molecule has 122 valence electrons. The molecule has 2 aromatic rings. The van der Waals surface area contributed by atoms with Crippen LogP contribution in [0.15, 0.2) is 24.3 Å². The molecule has 1 aliphatic carbocycles. The van der Waals surface area contributed by atoms with Gasteiger partial charge in [0.25, 0.3) is 0 Å². The molecule has 2 heterocycles. The number of nitrogens with zero attached hydrogens (tertiary/aromatic N) is 2. The molecule has 0 unspecified atom stereocenters. The van der Waals surface area contributed by atoms with E-state index >= 15 is 0 Å². The van der Waals surface area contributed by atoms with E-state index in [9.17, 15) is 4.39 Å². The van der Waals surface area contributed by atoms with Crippen molar-refractivity contribution in [3.8, 4) is 5.69 Å². The molecule has 0 atom stereocenters. The van der Waals surface area contributed by atoms with Gasteiger partial charge >= 0.3 is 0 Å². The number of fused-ring (bicyclic) bond motifs is 1. The van der Waals surface area contributed by atoms with E-state index in [-0.39, 0.29) is 5.82 Å². The fourth-order valence-corrected chi connectivity index (χ4v) is 4.00. The predicted octanol–water partition coefficient (Wildman–Crippen LogP) is 4.81. The summed E-state index contributed by atoms with van der Waals surface area (Å²) in [5.74, 6) is 1.53. The number of hydrogen-bond donors (Lipinski definition) is 1. The average molecular weight is 313 g/mol. The zero-order valence-electron chi connectivity index (χ0n) is 13.5. The molecule has 1 saturated carbocycles. The van der Waals surface area contributed by atoms with Gasteiger partial charge in [-0.2, -0.15) is 5.10 Å². The largest absolute Gasteiger partial charge is 0.370 e. The molecule has 1 aliphatic heterocycles. The Kier molecular flexibility index (Phi) is 4.06. The molecule has 0 saturated heterocycles. The summed E-state index contributed by atoms with van der Waals surface area (Å²) in [6, 6.07) is 6.67. The number of anilines is 1. The van der Waals surface area contributed by atoms with Crippen molar-refractivity contribution in [2.24, 2.45) is 0 Å². The Balaban J connectivity index is 1.79. The van der Waals surface area contributed by atoms with Crippen molar-refractivity contribution in [3.63, 3.8) is 0 Å². The van der Waals surface area contributed by atoms with Crippen LogP contribution in [0.4, 0.5) is 10.2 Å². The SMILES string of the molecule is Fc1ccc(-n2nc(C3CCCCC3)c3c2NCCCC3)cc1. The van der Waals surface area contributed by atoms with Crippen LogP contribution in [0.2, 0.25) is 0 Å². The number of aromatic nitrogens is 2. The van der Waals surface area contributed by atoms with Crippen LogP contribution in [-0.4, -0.2) is 16.3 Å². The number of halogens is 1. The van der Waals surface area contributed by atoms with Gasteiger partial charge in [-0.15, -0.1) is 0 Å². The number of rotatable bonds is 2. The van der Waals surface area contributed by atoms with E-state index in [4.69, 9.17) is 5.10 Å². The van der Waals surface area contributed by atoms with Crippen molar-refractivity contribution in [2.75, 3.05) is 11.9 Å². The van der Waals surface area contributed by atoms with Gasteiger partial charge in [0, 0.05) is 18.0 Å². The molecule has 0 amide bonds. The Hall–Kier alpha value is -1.84. The number of benzene rings is 1. The minimum absolute atomic E-state index is 0.201. The summed E-state index contributed by atoms with van der Waals surface area (Å²) < 4.78 is 15.3. The molecule has 1 aromatic heterocycles. The average Bonchev–Trinajstić information content (AvgIpc) is 2.78. The zero-order valence-corrected chi connectivity index (χ0v) is 13.5. The minimum atomic E-state index is -0.201. The van der Waals surface area contributed by atoms with Crippen LogP contribution in [0.25, 0.3) is 5.69 Å². The van der Waals surface area contributed by atoms with Crippen LogP contribution in [0, 0.1) is 5.82 Å². The molecule has 4 heteroatoms. The monoisotopic (exact) mass is 313 g/mol. The van der Waals surface area contributed by atoms with E-state index < -0.39 is 0 Å². The van der Waals surface area contributed by atoms with Gasteiger partial charge in [0.2, 0.25) is 0 Å². The van der Waals surface area contributed by atoms with Crippen molar-refractivity contribution < 1.29 is 4.39 Å². The molecule has 2 aliphatic rings. The third kappa shape index (κ3) is 2.87. The van der Waals surface area contributed by atoms with Gasteiger partial charge in [0.15, 0.2) is 0 Å². The summed E-state index contributed by atoms with van der Waals surface area (Å²) in [7, 11) is 0. The second-order valence-corrected chi connectivity index (χ2v) is 6.82. The van der Waals surface area contributed by atoms with Crippen LogP contribution in [-0.2, 0) is 6.42 Å². The van der Waals surface area contributed by atoms with Crippen molar-refractivity contribution in [1.29, 1.82) is 0 Å². The van der Waals surface area contributed by atoms with E-state index in [1.54, 1.807) is 0 Å². The van der Waals surface area contributed by atoms with Crippen molar-refractivity contribution in [2.45, 2.75) is 57.3 Å². The smallest absolute Gasteiger partial charge is 0.133 e. The lowest BCUT2D eigenvalue weighted by Crippen LogP contribution is -2.08. The lowest BCUT2D eigenvalue weighted by Gasteiger charge is -2.20. The summed E-state index contributed by atoms with van der Waals surface area (Å²) in [5.41, 5.74) is 3.64. The Morgan fingerprint density at radius 2 is 1.78 bits per heavy atom. The van der Waals surface area contributed by atoms with Crippen LogP contribution in [0.5, 0.6) is 0 Å². The highest BCUT2D eigenvalue weighted by Crippen LogP contribution is 2.38. The molecule has 0 spiro atoms. The topological polar surface area (TPSA) is 29.9 Å².